The van der Waals surface area contributed by atoms with E-state index >= 15 is 0 Å². The van der Waals surface area contributed by atoms with Gasteiger partial charge in [0.15, 0.2) is 0 Å². The van der Waals surface area contributed by atoms with E-state index < -0.39 is 0 Å². The number of nitrogens with zero attached hydrogens (tertiary/aromatic N) is 1. The zero-order valence-corrected chi connectivity index (χ0v) is 15.1. The Bertz CT molecular complexity index is 721. The third-order valence-corrected chi connectivity index (χ3v) is 4.49. The number of carbonyl (C=O) groups is 1. The largest absolute Gasteiger partial charge is 0.507 e. The molecule has 2 aromatic rings. The fourth-order valence-electron chi connectivity index (χ4n) is 2.66. The van der Waals surface area contributed by atoms with Crippen molar-refractivity contribution in [2.45, 2.75) is 26.8 Å². The predicted octanol–water partition coefficient (Wildman–Crippen LogP) is 3.35. The summed E-state index contributed by atoms with van der Waals surface area (Å²) in [6, 6.07) is 11.9. The van der Waals surface area contributed by atoms with Crippen LogP contribution >= 0.6 is 0 Å². The first-order chi connectivity index (χ1) is 11.3. The summed E-state index contributed by atoms with van der Waals surface area (Å²) in [6.45, 7) is 6.26. The fourth-order valence-corrected chi connectivity index (χ4v) is 2.66. The molecular formula is C20H26N2O2. The molecule has 2 aromatic carbocycles. The van der Waals surface area contributed by atoms with E-state index in [0.29, 0.717) is 12.1 Å². The van der Waals surface area contributed by atoms with Gasteiger partial charge in [0.2, 0.25) is 0 Å². The smallest absolute Gasteiger partial charge is 0.255 e. The number of likely N-dealkylation sites (N-methyl/N-ethyl adjacent to an activating group) is 1. The van der Waals surface area contributed by atoms with Gasteiger partial charge in [-0.25, -0.2) is 0 Å². The van der Waals surface area contributed by atoms with Crippen molar-refractivity contribution < 1.29 is 9.90 Å². The van der Waals surface area contributed by atoms with Crippen LogP contribution < -0.4 is 5.32 Å². The first-order valence-electron chi connectivity index (χ1n) is 8.11. The minimum Gasteiger partial charge on any atom is -0.507 e. The molecule has 1 amide bonds. The summed E-state index contributed by atoms with van der Waals surface area (Å²) in [6.07, 6.45) is 0. The number of carbonyl (C=O) groups excluding carboxylic acids is 1. The maximum atomic E-state index is 12.5. The average molecular weight is 326 g/mol. The molecule has 24 heavy (non-hydrogen) atoms. The molecule has 0 aliphatic rings. The van der Waals surface area contributed by atoms with Crippen molar-refractivity contribution in [3.8, 4) is 5.75 Å². The van der Waals surface area contributed by atoms with Crippen molar-refractivity contribution in [1.29, 1.82) is 0 Å². The summed E-state index contributed by atoms with van der Waals surface area (Å²) in [5, 5.41) is 13.1. The lowest BCUT2D eigenvalue weighted by molar-refractivity contribution is 0.0939. The van der Waals surface area contributed by atoms with Crippen LogP contribution in [0.1, 0.15) is 38.7 Å². The van der Waals surface area contributed by atoms with Crippen LogP contribution in [0.3, 0.4) is 0 Å². The number of hydrogen-bond acceptors (Lipinski definition) is 3. The predicted molar refractivity (Wildman–Crippen MR) is 97.5 cm³/mol. The van der Waals surface area contributed by atoms with Crippen LogP contribution in [0.5, 0.6) is 5.75 Å². The Hall–Kier alpha value is -2.33. The molecule has 0 radical (unpaired) electrons. The van der Waals surface area contributed by atoms with Crippen molar-refractivity contribution in [3.63, 3.8) is 0 Å². The summed E-state index contributed by atoms with van der Waals surface area (Å²) >= 11 is 0. The summed E-state index contributed by atoms with van der Waals surface area (Å²) < 4.78 is 0. The van der Waals surface area contributed by atoms with Gasteiger partial charge in [-0.05, 0) is 57.6 Å². The number of hydrogen-bond donors (Lipinski definition) is 2. The highest BCUT2D eigenvalue weighted by Gasteiger charge is 2.18. The fraction of sp³-hybridized carbons (Fsp3) is 0.350. The number of phenols is 1. The quantitative estimate of drug-likeness (QED) is 0.886. The van der Waals surface area contributed by atoms with Crippen molar-refractivity contribution in [1.82, 2.24) is 10.2 Å². The third-order valence-electron chi connectivity index (χ3n) is 4.49. The SMILES string of the molecule is Cc1ccc(C(CNC(=O)c2ccc(C)c(C)c2O)N(C)C)cc1. The van der Waals surface area contributed by atoms with Crippen molar-refractivity contribution >= 4 is 5.91 Å². The van der Waals surface area contributed by atoms with E-state index in [1.165, 1.54) is 5.56 Å². The average Bonchev–Trinajstić information content (AvgIpc) is 2.54. The number of amides is 1. The van der Waals surface area contributed by atoms with Crippen molar-refractivity contribution in [2.24, 2.45) is 0 Å². The van der Waals surface area contributed by atoms with Crippen molar-refractivity contribution in [2.75, 3.05) is 20.6 Å². The standard InChI is InChI=1S/C20H26N2O2/c1-13-6-9-16(10-7-13)18(22(4)5)12-21-20(24)17-11-8-14(2)15(3)19(17)23/h6-11,18,23H,12H2,1-5H3,(H,21,24). The molecule has 0 aliphatic carbocycles. The second kappa shape index (κ2) is 7.49. The topological polar surface area (TPSA) is 52.6 Å². The molecule has 2 N–H and O–H groups in total. The molecule has 128 valence electrons. The Morgan fingerprint density at radius 3 is 2.29 bits per heavy atom. The first-order valence-corrected chi connectivity index (χ1v) is 8.11. The Balaban J connectivity index is 2.14. The summed E-state index contributed by atoms with van der Waals surface area (Å²) in [7, 11) is 3.98. The van der Waals surface area contributed by atoms with Crippen LogP contribution in [0.15, 0.2) is 36.4 Å². The molecule has 0 saturated heterocycles. The number of aryl methyl sites for hydroxylation is 2. The van der Waals surface area contributed by atoms with E-state index in [1.807, 2.05) is 34.0 Å². The Kier molecular flexibility index (Phi) is 5.62. The molecule has 4 nitrogen and oxygen atoms in total. The second-order valence-corrected chi connectivity index (χ2v) is 6.50. The van der Waals surface area contributed by atoms with Gasteiger partial charge in [0.05, 0.1) is 11.6 Å². The van der Waals surface area contributed by atoms with E-state index in [0.717, 1.165) is 16.7 Å². The Morgan fingerprint density at radius 1 is 1.08 bits per heavy atom. The highest BCUT2D eigenvalue weighted by molar-refractivity contribution is 5.97. The van der Waals surface area contributed by atoms with Gasteiger partial charge in [-0.2, -0.15) is 0 Å². The van der Waals surface area contributed by atoms with Crippen LogP contribution in [0.4, 0.5) is 0 Å². The van der Waals surface area contributed by atoms with Gasteiger partial charge in [-0.3, -0.25) is 4.79 Å². The molecule has 4 heteroatoms. The number of phenolic OH excluding ortho intramolecular Hbond substituents is 1. The highest BCUT2D eigenvalue weighted by Crippen LogP contribution is 2.25. The lowest BCUT2D eigenvalue weighted by atomic mass is 10.0. The number of aromatic hydroxyl groups is 1. The summed E-state index contributed by atoms with van der Waals surface area (Å²) in [4.78, 5) is 14.5. The Labute approximate surface area is 144 Å². The number of benzene rings is 2. The van der Waals surface area contributed by atoms with Gasteiger partial charge in [-0.15, -0.1) is 0 Å². The first kappa shape index (κ1) is 18.0. The molecule has 0 fully saturated rings. The molecule has 0 aromatic heterocycles. The minimum absolute atomic E-state index is 0.0595. The van der Waals surface area contributed by atoms with E-state index in [9.17, 15) is 9.90 Å². The summed E-state index contributed by atoms with van der Waals surface area (Å²) in [5.74, 6) is -0.196. The van der Waals surface area contributed by atoms with E-state index in [1.54, 1.807) is 6.07 Å². The third kappa shape index (κ3) is 3.95. The van der Waals surface area contributed by atoms with Gasteiger partial charge >= 0.3 is 0 Å². The van der Waals surface area contributed by atoms with Gasteiger partial charge < -0.3 is 15.3 Å². The number of rotatable bonds is 5. The molecule has 0 saturated carbocycles. The van der Waals surface area contributed by atoms with Gasteiger partial charge in [0, 0.05) is 6.54 Å². The number of nitrogens with one attached hydrogen (secondary N) is 1. The van der Waals surface area contributed by atoms with Gasteiger partial charge in [-0.1, -0.05) is 35.9 Å². The van der Waals surface area contributed by atoms with E-state index in [-0.39, 0.29) is 17.7 Å². The maximum absolute atomic E-state index is 12.5. The molecule has 0 aliphatic heterocycles. The Morgan fingerprint density at radius 2 is 1.71 bits per heavy atom. The maximum Gasteiger partial charge on any atom is 0.255 e. The van der Waals surface area contributed by atoms with Gasteiger partial charge in [0.25, 0.3) is 5.91 Å². The van der Waals surface area contributed by atoms with Crippen LogP contribution in [0, 0.1) is 20.8 Å². The summed E-state index contributed by atoms with van der Waals surface area (Å²) in [5.41, 5.74) is 4.38. The van der Waals surface area contributed by atoms with Crippen LogP contribution in [0.2, 0.25) is 0 Å². The molecule has 1 unspecified atom stereocenters. The van der Waals surface area contributed by atoms with Crippen LogP contribution in [-0.2, 0) is 0 Å². The highest BCUT2D eigenvalue weighted by atomic mass is 16.3. The van der Waals surface area contributed by atoms with E-state index in [4.69, 9.17) is 0 Å². The zero-order chi connectivity index (χ0) is 17.9. The van der Waals surface area contributed by atoms with E-state index in [2.05, 4.69) is 41.4 Å². The molecule has 1 atom stereocenters. The molecule has 0 bridgehead atoms. The van der Waals surface area contributed by atoms with Crippen LogP contribution in [-0.4, -0.2) is 36.6 Å². The molecular weight excluding hydrogens is 300 g/mol. The second-order valence-electron chi connectivity index (χ2n) is 6.50. The van der Waals surface area contributed by atoms with Crippen molar-refractivity contribution in [3.05, 3.63) is 64.2 Å². The van der Waals surface area contributed by atoms with Gasteiger partial charge in [0.1, 0.15) is 5.75 Å². The van der Waals surface area contributed by atoms with Crippen LogP contribution in [0.25, 0.3) is 0 Å². The lowest BCUT2D eigenvalue weighted by Gasteiger charge is -2.25. The molecule has 0 heterocycles. The lowest BCUT2D eigenvalue weighted by Crippen LogP contribution is -2.34. The monoisotopic (exact) mass is 326 g/mol. The normalized spacial score (nSPS) is 12.2. The minimum atomic E-state index is -0.255. The molecule has 2 rings (SSSR count). The zero-order valence-electron chi connectivity index (χ0n) is 15.1. The molecule has 0 spiro atoms.